The summed E-state index contributed by atoms with van der Waals surface area (Å²) in [5, 5.41) is 26.2. The van der Waals surface area contributed by atoms with Gasteiger partial charge in [-0.1, -0.05) is 19.1 Å². The van der Waals surface area contributed by atoms with Crippen molar-refractivity contribution in [2.24, 2.45) is 0 Å². The van der Waals surface area contributed by atoms with Crippen LogP contribution in [-0.4, -0.2) is 23.7 Å². The molecule has 0 saturated carbocycles. The topological polar surface area (TPSA) is 91.7 Å². The molecule has 2 aromatic rings. The van der Waals surface area contributed by atoms with Crippen LogP contribution in [0.15, 0.2) is 36.9 Å². The number of nitriles is 2. The third-order valence-corrected chi connectivity index (χ3v) is 5.96. The van der Waals surface area contributed by atoms with Crippen LogP contribution in [0.2, 0.25) is 0 Å². The first-order valence-electron chi connectivity index (χ1n) is 8.36. The van der Waals surface area contributed by atoms with Crippen molar-refractivity contribution in [1.29, 1.82) is 15.9 Å². The normalized spacial score (nSPS) is 12.4. The number of halogens is 1. The van der Waals surface area contributed by atoms with Gasteiger partial charge < -0.3 is 4.90 Å². The van der Waals surface area contributed by atoms with E-state index in [-0.39, 0.29) is 23.7 Å². The fourth-order valence-corrected chi connectivity index (χ4v) is 3.75. The van der Waals surface area contributed by atoms with Gasteiger partial charge in [-0.25, -0.2) is 4.39 Å². The van der Waals surface area contributed by atoms with Gasteiger partial charge in [-0.05, 0) is 30.7 Å². The lowest BCUT2D eigenvalue weighted by Gasteiger charge is -2.26. The van der Waals surface area contributed by atoms with Crippen LogP contribution in [0, 0.1) is 33.9 Å². The fourth-order valence-electron chi connectivity index (χ4n) is 2.63. The maximum absolute atomic E-state index is 13.6. The molecule has 0 radical (unpaired) electrons. The first-order chi connectivity index (χ1) is 13.2. The second-order valence-electron chi connectivity index (χ2n) is 6.61. The molecule has 7 heteroatoms. The Balaban J connectivity index is 2.51. The molecule has 1 N–H and O–H groups in total. The van der Waals surface area contributed by atoms with Crippen LogP contribution in [0.25, 0.3) is 11.1 Å². The number of nitrogens with one attached hydrogen (secondary N) is 1. The van der Waals surface area contributed by atoms with E-state index in [1.807, 2.05) is 6.92 Å². The van der Waals surface area contributed by atoms with Crippen LogP contribution in [-0.2, 0) is 10.2 Å². The molecule has 0 bridgehead atoms. The summed E-state index contributed by atoms with van der Waals surface area (Å²) in [6.07, 6.45) is 1.74. The van der Waals surface area contributed by atoms with Gasteiger partial charge in [0.25, 0.3) is 0 Å². The molecule has 0 fully saturated rings. The minimum Gasteiger partial charge on any atom is -0.304 e. The van der Waals surface area contributed by atoms with Crippen molar-refractivity contribution in [2.45, 2.75) is 25.7 Å². The zero-order valence-electron chi connectivity index (χ0n) is 15.8. The first kappa shape index (κ1) is 21.0. The molecular weight excluding hydrogens is 375 g/mol. The van der Waals surface area contributed by atoms with Gasteiger partial charge in [-0.3, -0.25) is 10.2 Å². The lowest BCUT2D eigenvalue weighted by molar-refractivity contribution is -0.127. The quantitative estimate of drug-likeness (QED) is 0.457. The minimum atomic E-state index is -0.743. The zero-order valence-corrected chi connectivity index (χ0v) is 16.7. The number of allylic oxidation sites excluding steroid dienone is 1. The van der Waals surface area contributed by atoms with Crippen molar-refractivity contribution in [1.82, 2.24) is 4.90 Å². The molecule has 0 aliphatic rings. The Morgan fingerprint density at radius 1 is 1.39 bits per heavy atom. The number of amides is 1. The molecule has 0 aliphatic carbocycles. The van der Waals surface area contributed by atoms with E-state index in [4.69, 9.17) is 10.7 Å². The summed E-state index contributed by atoms with van der Waals surface area (Å²) in [5.74, 6) is -0.722. The van der Waals surface area contributed by atoms with Gasteiger partial charge >= 0.3 is 0 Å². The number of nitrogens with zero attached hydrogens (tertiary/aromatic N) is 3. The van der Waals surface area contributed by atoms with Crippen LogP contribution in [0.4, 0.5) is 4.39 Å². The average molecular weight is 394 g/mol. The third kappa shape index (κ3) is 4.00. The monoisotopic (exact) mass is 394 g/mol. The predicted octanol–water partition coefficient (Wildman–Crippen LogP) is 4.59. The van der Waals surface area contributed by atoms with Gasteiger partial charge in [-0.15, -0.1) is 17.9 Å². The Labute approximate surface area is 167 Å². The predicted molar refractivity (Wildman–Crippen MR) is 107 cm³/mol. The summed E-state index contributed by atoms with van der Waals surface area (Å²) < 4.78 is 13.6. The Morgan fingerprint density at radius 3 is 2.61 bits per heavy atom. The number of rotatable bonds is 5. The van der Waals surface area contributed by atoms with Gasteiger partial charge in [0.05, 0.1) is 11.4 Å². The summed E-state index contributed by atoms with van der Waals surface area (Å²) >= 11 is 1.23. The van der Waals surface area contributed by atoms with E-state index in [2.05, 4.69) is 12.6 Å². The largest absolute Gasteiger partial charge is 0.304 e. The van der Waals surface area contributed by atoms with Crippen LogP contribution < -0.4 is 0 Å². The molecule has 1 heterocycles. The molecule has 0 spiro atoms. The van der Waals surface area contributed by atoms with E-state index in [1.165, 1.54) is 48.4 Å². The maximum atomic E-state index is 13.6. The summed E-state index contributed by atoms with van der Waals surface area (Å²) in [5.41, 5.74) is 0.296. The molecule has 0 unspecified atom stereocenters. The van der Waals surface area contributed by atoms with E-state index in [0.717, 1.165) is 4.88 Å². The number of thiophene rings is 1. The minimum absolute atomic E-state index is 0.0842. The zero-order chi connectivity index (χ0) is 21.1. The SMILES string of the molecule is C=C[C@@](C)(CC(=O)N(C)C(C)=N)c1cc(-c2ccc(F)c(C#N)c2)c(C#N)s1. The van der Waals surface area contributed by atoms with Gasteiger partial charge in [0.1, 0.15) is 22.8 Å². The lowest BCUT2D eigenvalue weighted by Crippen LogP contribution is -2.35. The number of hydrogen-bond donors (Lipinski definition) is 1. The van der Waals surface area contributed by atoms with Gasteiger partial charge in [-0.2, -0.15) is 10.5 Å². The van der Waals surface area contributed by atoms with Gasteiger partial charge in [0, 0.05) is 29.3 Å². The van der Waals surface area contributed by atoms with Crippen LogP contribution >= 0.6 is 11.3 Å². The van der Waals surface area contributed by atoms with Crippen molar-refractivity contribution in [3.8, 4) is 23.3 Å². The number of amidine groups is 1. The molecule has 1 amide bonds. The highest BCUT2D eigenvalue weighted by Crippen LogP contribution is 2.40. The number of benzene rings is 1. The Bertz CT molecular complexity index is 1040. The molecule has 2 rings (SSSR count). The summed E-state index contributed by atoms with van der Waals surface area (Å²) in [6.45, 7) is 7.22. The molecular formula is C21H19FN4OS. The van der Waals surface area contributed by atoms with Crippen LogP contribution in [0.3, 0.4) is 0 Å². The third-order valence-electron chi connectivity index (χ3n) is 4.64. The Hall–Kier alpha value is -3.29. The summed E-state index contributed by atoms with van der Waals surface area (Å²) in [7, 11) is 1.54. The van der Waals surface area contributed by atoms with E-state index >= 15 is 0 Å². The molecule has 1 aromatic carbocycles. The van der Waals surface area contributed by atoms with Crippen molar-refractivity contribution in [2.75, 3.05) is 7.05 Å². The number of hydrogen-bond acceptors (Lipinski definition) is 5. The number of carbonyl (C=O) groups is 1. The molecule has 142 valence electrons. The molecule has 28 heavy (non-hydrogen) atoms. The summed E-state index contributed by atoms with van der Waals surface area (Å²) in [4.78, 5) is 14.9. The highest BCUT2D eigenvalue weighted by atomic mass is 32.1. The van der Waals surface area contributed by atoms with Gasteiger partial charge in [0.2, 0.25) is 5.91 Å². The maximum Gasteiger partial charge on any atom is 0.228 e. The first-order valence-corrected chi connectivity index (χ1v) is 9.18. The summed E-state index contributed by atoms with van der Waals surface area (Å²) in [6, 6.07) is 9.84. The van der Waals surface area contributed by atoms with Crippen molar-refractivity contribution < 1.29 is 9.18 Å². The molecule has 1 aromatic heterocycles. The van der Waals surface area contributed by atoms with E-state index in [1.54, 1.807) is 18.2 Å². The van der Waals surface area contributed by atoms with Crippen molar-refractivity contribution >= 4 is 23.1 Å². The molecule has 0 saturated heterocycles. The fraction of sp³-hybridized carbons (Fsp3) is 0.238. The van der Waals surface area contributed by atoms with Crippen LogP contribution in [0.5, 0.6) is 0 Å². The highest BCUT2D eigenvalue weighted by molar-refractivity contribution is 7.13. The standard InChI is InChI=1S/C21H19FN4OS/c1-5-21(3,10-20(27)26(4)13(2)25)19-9-16(18(12-24)28-19)14-6-7-17(22)15(8-14)11-23/h5-9,25H,1,10H2,2-4H3/t21-/m0/s1. The smallest absolute Gasteiger partial charge is 0.228 e. The average Bonchev–Trinajstić information content (AvgIpc) is 3.12. The highest BCUT2D eigenvalue weighted by Gasteiger charge is 2.31. The lowest BCUT2D eigenvalue weighted by atomic mass is 9.84. The molecule has 1 atom stereocenters. The second-order valence-corrected chi connectivity index (χ2v) is 7.66. The molecule has 5 nitrogen and oxygen atoms in total. The van der Waals surface area contributed by atoms with E-state index in [0.29, 0.717) is 16.0 Å². The second kappa shape index (κ2) is 8.16. The number of carbonyl (C=O) groups excluding carboxylic acids is 1. The van der Waals surface area contributed by atoms with Crippen molar-refractivity contribution in [3.63, 3.8) is 0 Å². The van der Waals surface area contributed by atoms with Crippen molar-refractivity contribution in [3.05, 3.63) is 58.1 Å². The van der Waals surface area contributed by atoms with Crippen LogP contribution in [0.1, 0.15) is 35.6 Å². The van der Waals surface area contributed by atoms with E-state index in [9.17, 15) is 14.4 Å². The molecule has 0 aliphatic heterocycles. The van der Waals surface area contributed by atoms with E-state index < -0.39 is 11.2 Å². The Morgan fingerprint density at radius 2 is 2.07 bits per heavy atom. The van der Waals surface area contributed by atoms with Gasteiger partial charge in [0.15, 0.2) is 0 Å². The Kier molecular flexibility index (Phi) is 6.12.